The Balaban J connectivity index is 1.64. The van der Waals surface area contributed by atoms with Crippen LogP contribution in [0.4, 0.5) is 0 Å². The monoisotopic (exact) mass is 346 g/mol. The Labute approximate surface area is 150 Å². The summed E-state index contributed by atoms with van der Waals surface area (Å²) in [5, 5.41) is 3.77. The molecule has 1 amide bonds. The second kappa shape index (κ2) is 6.88. The molecule has 4 rings (SSSR count). The van der Waals surface area contributed by atoms with Crippen molar-refractivity contribution in [1.82, 2.24) is 10.3 Å². The smallest absolute Gasteiger partial charge is 0.252 e. The second-order valence-electron chi connectivity index (χ2n) is 6.07. The predicted octanol–water partition coefficient (Wildman–Crippen LogP) is 4.37. The number of nitrogens with one attached hydrogen (secondary N) is 1. The second-order valence-corrected chi connectivity index (χ2v) is 6.07. The molecule has 0 saturated carbocycles. The molecule has 5 heteroatoms. The summed E-state index contributed by atoms with van der Waals surface area (Å²) < 4.78 is 11.0. The lowest BCUT2D eigenvalue weighted by Crippen LogP contribution is -2.26. The lowest BCUT2D eigenvalue weighted by atomic mass is 10.1. The lowest BCUT2D eigenvalue weighted by Gasteiger charge is -2.09. The molecule has 1 aromatic carbocycles. The van der Waals surface area contributed by atoms with Crippen molar-refractivity contribution in [2.75, 3.05) is 6.54 Å². The van der Waals surface area contributed by atoms with Crippen LogP contribution in [0.2, 0.25) is 0 Å². The van der Waals surface area contributed by atoms with Gasteiger partial charge in [0.05, 0.1) is 17.3 Å². The van der Waals surface area contributed by atoms with Crippen LogP contribution >= 0.6 is 0 Å². The first-order chi connectivity index (χ1) is 12.7. The molecule has 3 heterocycles. The van der Waals surface area contributed by atoms with Crippen molar-refractivity contribution in [3.63, 3.8) is 0 Å². The first-order valence-corrected chi connectivity index (χ1v) is 8.48. The van der Waals surface area contributed by atoms with Gasteiger partial charge in [-0.15, -0.1) is 0 Å². The highest BCUT2D eigenvalue weighted by Crippen LogP contribution is 2.26. The van der Waals surface area contributed by atoms with Crippen LogP contribution in [0.5, 0.6) is 0 Å². The van der Waals surface area contributed by atoms with Gasteiger partial charge in [-0.2, -0.15) is 0 Å². The van der Waals surface area contributed by atoms with E-state index in [0.717, 1.165) is 22.4 Å². The molecule has 26 heavy (non-hydrogen) atoms. The average molecular weight is 346 g/mol. The quantitative estimate of drug-likeness (QED) is 0.583. The first-order valence-electron chi connectivity index (χ1n) is 8.48. The van der Waals surface area contributed by atoms with E-state index in [1.165, 1.54) is 0 Å². The van der Waals surface area contributed by atoms with E-state index in [-0.39, 0.29) is 5.91 Å². The van der Waals surface area contributed by atoms with Crippen molar-refractivity contribution in [3.05, 3.63) is 77.9 Å². The minimum Gasteiger partial charge on any atom is -0.469 e. The van der Waals surface area contributed by atoms with Crippen LogP contribution in [0, 0.1) is 6.92 Å². The fourth-order valence-corrected chi connectivity index (χ4v) is 2.91. The number of amides is 1. The number of pyridine rings is 1. The topological polar surface area (TPSA) is 68.3 Å². The van der Waals surface area contributed by atoms with Crippen molar-refractivity contribution in [2.45, 2.75) is 13.3 Å². The van der Waals surface area contributed by atoms with Gasteiger partial charge in [-0.1, -0.05) is 18.2 Å². The van der Waals surface area contributed by atoms with Gasteiger partial charge in [0.15, 0.2) is 5.76 Å². The number of carbonyl (C=O) groups is 1. The highest BCUT2D eigenvalue weighted by atomic mass is 16.3. The largest absolute Gasteiger partial charge is 0.469 e. The maximum atomic E-state index is 12.8. The fourth-order valence-electron chi connectivity index (χ4n) is 2.91. The third kappa shape index (κ3) is 3.24. The van der Waals surface area contributed by atoms with E-state index in [4.69, 9.17) is 8.83 Å². The SMILES string of the molecule is Cc1ccc(-c2cc(C(=O)NCCc3ccco3)c3ccccc3n2)o1. The number of rotatable bonds is 5. The number of fused-ring (bicyclic) bond motifs is 1. The molecule has 5 nitrogen and oxygen atoms in total. The summed E-state index contributed by atoms with van der Waals surface area (Å²) in [5.74, 6) is 2.16. The minimum absolute atomic E-state index is 0.139. The third-order valence-corrected chi connectivity index (χ3v) is 4.19. The number of furan rings is 2. The highest BCUT2D eigenvalue weighted by molar-refractivity contribution is 6.07. The molecule has 0 atom stereocenters. The van der Waals surface area contributed by atoms with Crippen LogP contribution in [-0.4, -0.2) is 17.4 Å². The summed E-state index contributed by atoms with van der Waals surface area (Å²) in [7, 11) is 0. The van der Waals surface area contributed by atoms with E-state index < -0.39 is 0 Å². The van der Waals surface area contributed by atoms with Crippen LogP contribution in [0.3, 0.4) is 0 Å². The number of aryl methyl sites for hydroxylation is 1. The molecule has 0 fully saturated rings. The number of aromatic nitrogens is 1. The Morgan fingerprint density at radius 2 is 2.00 bits per heavy atom. The number of hydrogen-bond donors (Lipinski definition) is 1. The van der Waals surface area contributed by atoms with Gasteiger partial charge in [-0.25, -0.2) is 4.98 Å². The Hall–Kier alpha value is -3.34. The fraction of sp³-hybridized carbons (Fsp3) is 0.143. The Kier molecular flexibility index (Phi) is 4.27. The van der Waals surface area contributed by atoms with Gasteiger partial charge in [-0.05, 0) is 43.3 Å². The van der Waals surface area contributed by atoms with Gasteiger partial charge in [0.2, 0.25) is 0 Å². The van der Waals surface area contributed by atoms with Crippen molar-refractivity contribution in [3.8, 4) is 11.5 Å². The first kappa shape index (κ1) is 16.1. The van der Waals surface area contributed by atoms with Gasteiger partial charge >= 0.3 is 0 Å². The summed E-state index contributed by atoms with van der Waals surface area (Å²) in [6.07, 6.45) is 2.27. The molecular weight excluding hydrogens is 328 g/mol. The summed E-state index contributed by atoms with van der Waals surface area (Å²) in [5.41, 5.74) is 1.99. The summed E-state index contributed by atoms with van der Waals surface area (Å²) in [6.45, 7) is 2.38. The molecule has 0 bridgehead atoms. The van der Waals surface area contributed by atoms with Gasteiger partial charge in [0.25, 0.3) is 5.91 Å². The summed E-state index contributed by atoms with van der Waals surface area (Å²) in [4.78, 5) is 17.4. The average Bonchev–Trinajstić information content (AvgIpc) is 3.32. The molecule has 0 unspecified atom stereocenters. The Bertz CT molecular complexity index is 1050. The standard InChI is InChI=1S/C21H18N2O3/c1-14-8-9-20(26-14)19-13-17(16-6-2-3-7-18(16)23-19)21(24)22-11-10-15-5-4-12-25-15/h2-9,12-13H,10-11H2,1H3,(H,22,24). The lowest BCUT2D eigenvalue weighted by molar-refractivity contribution is 0.0955. The molecule has 0 radical (unpaired) electrons. The maximum Gasteiger partial charge on any atom is 0.252 e. The van der Waals surface area contributed by atoms with Gasteiger partial charge in [0, 0.05) is 18.4 Å². The van der Waals surface area contributed by atoms with E-state index >= 15 is 0 Å². The highest BCUT2D eigenvalue weighted by Gasteiger charge is 2.15. The van der Waals surface area contributed by atoms with E-state index in [2.05, 4.69) is 10.3 Å². The van der Waals surface area contributed by atoms with Crippen LogP contribution < -0.4 is 5.32 Å². The number of carbonyl (C=O) groups excluding carboxylic acids is 1. The zero-order valence-corrected chi connectivity index (χ0v) is 14.4. The molecule has 0 spiro atoms. The molecule has 4 aromatic rings. The molecule has 130 valence electrons. The molecule has 0 saturated heterocycles. The molecular formula is C21H18N2O3. The molecule has 1 N–H and O–H groups in total. The van der Waals surface area contributed by atoms with Crippen molar-refractivity contribution >= 4 is 16.8 Å². The minimum atomic E-state index is -0.139. The Morgan fingerprint density at radius 3 is 2.77 bits per heavy atom. The number of para-hydroxylation sites is 1. The van der Waals surface area contributed by atoms with Crippen molar-refractivity contribution in [1.29, 1.82) is 0 Å². The van der Waals surface area contributed by atoms with Crippen LogP contribution in [0.1, 0.15) is 21.9 Å². The maximum absolute atomic E-state index is 12.8. The third-order valence-electron chi connectivity index (χ3n) is 4.19. The van der Waals surface area contributed by atoms with E-state index in [0.29, 0.717) is 30.0 Å². The van der Waals surface area contributed by atoms with E-state index in [1.54, 1.807) is 12.3 Å². The van der Waals surface area contributed by atoms with Crippen LogP contribution in [0.15, 0.2) is 69.7 Å². The molecule has 0 aliphatic carbocycles. The van der Waals surface area contributed by atoms with Gasteiger partial charge in [0.1, 0.15) is 17.2 Å². The van der Waals surface area contributed by atoms with Gasteiger partial charge in [-0.3, -0.25) is 4.79 Å². The summed E-state index contributed by atoms with van der Waals surface area (Å²) in [6, 6.07) is 16.9. The molecule has 3 aromatic heterocycles. The van der Waals surface area contributed by atoms with Crippen molar-refractivity contribution < 1.29 is 13.6 Å². The number of benzene rings is 1. The van der Waals surface area contributed by atoms with Crippen LogP contribution in [-0.2, 0) is 6.42 Å². The van der Waals surface area contributed by atoms with E-state index in [9.17, 15) is 4.79 Å². The number of hydrogen-bond acceptors (Lipinski definition) is 4. The normalized spacial score (nSPS) is 11.0. The molecule has 0 aliphatic rings. The van der Waals surface area contributed by atoms with Gasteiger partial charge < -0.3 is 14.2 Å². The van der Waals surface area contributed by atoms with E-state index in [1.807, 2.05) is 55.5 Å². The Morgan fingerprint density at radius 1 is 1.12 bits per heavy atom. The number of nitrogens with zero attached hydrogens (tertiary/aromatic N) is 1. The molecule has 0 aliphatic heterocycles. The predicted molar refractivity (Wildman–Crippen MR) is 98.9 cm³/mol. The summed E-state index contributed by atoms with van der Waals surface area (Å²) >= 11 is 0. The zero-order valence-electron chi connectivity index (χ0n) is 14.4. The van der Waals surface area contributed by atoms with Crippen LogP contribution in [0.25, 0.3) is 22.4 Å². The zero-order chi connectivity index (χ0) is 17.9. The van der Waals surface area contributed by atoms with Crippen molar-refractivity contribution in [2.24, 2.45) is 0 Å².